The van der Waals surface area contributed by atoms with Crippen molar-refractivity contribution >= 4 is 11.7 Å². The highest BCUT2D eigenvalue weighted by Crippen LogP contribution is 2.21. The average molecular weight is 287 g/mol. The van der Waals surface area contributed by atoms with E-state index in [1.807, 2.05) is 0 Å². The minimum atomic E-state index is -1.12. The monoisotopic (exact) mass is 287 g/mol. The van der Waals surface area contributed by atoms with Crippen molar-refractivity contribution in [2.75, 3.05) is 19.0 Å². The van der Waals surface area contributed by atoms with Crippen molar-refractivity contribution in [3.8, 4) is 11.8 Å². The number of carboxylic acids is 1. The molecule has 2 rings (SSSR count). The van der Waals surface area contributed by atoms with E-state index in [1.54, 1.807) is 25.3 Å². The summed E-state index contributed by atoms with van der Waals surface area (Å²) in [6, 6.07) is 7.18. The Morgan fingerprint density at radius 2 is 2.38 bits per heavy atom. The molecule has 0 radical (unpaired) electrons. The van der Waals surface area contributed by atoms with E-state index in [9.17, 15) is 4.79 Å². The van der Waals surface area contributed by atoms with Gasteiger partial charge in [-0.3, -0.25) is 0 Å². The Labute approximate surface area is 120 Å². The molecule has 21 heavy (non-hydrogen) atoms. The highest BCUT2D eigenvalue weighted by Gasteiger charge is 2.08. The molecule has 0 aliphatic carbocycles. The molecule has 0 saturated heterocycles. The molecule has 108 valence electrons. The molecule has 1 heterocycles. The number of nitrogens with zero attached hydrogens (tertiary/aromatic N) is 4. The van der Waals surface area contributed by atoms with Crippen LogP contribution in [0.25, 0.3) is 0 Å². The number of benzene rings is 1. The van der Waals surface area contributed by atoms with E-state index in [2.05, 4.69) is 21.7 Å². The molecule has 0 amide bonds. The van der Waals surface area contributed by atoms with Gasteiger partial charge >= 0.3 is 5.97 Å². The zero-order valence-corrected chi connectivity index (χ0v) is 11.3. The Balaban J connectivity index is 1.99. The highest BCUT2D eigenvalue weighted by atomic mass is 16.5. The van der Waals surface area contributed by atoms with Crippen LogP contribution in [0.5, 0.6) is 5.75 Å². The third-order valence-corrected chi connectivity index (χ3v) is 2.76. The number of rotatable bonds is 6. The van der Waals surface area contributed by atoms with Crippen molar-refractivity contribution in [2.24, 2.45) is 0 Å². The minimum absolute atomic E-state index is 0.103. The van der Waals surface area contributed by atoms with Gasteiger partial charge in [0.15, 0.2) is 5.69 Å². The largest absolute Gasteiger partial charge is 0.497 e. The SMILES string of the molecule is COc1ccc(C#N)c(NCCn2cc(C(=O)O)nn2)c1. The van der Waals surface area contributed by atoms with Gasteiger partial charge in [-0.25, -0.2) is 9.48 Å². The van der Waals surface area contributed by atoms with Crippen molar-refractivity contribution in [3.05, 3.63) is 35.7 Å². The summed E-state index contributed by atoms with van der Waals surface area (Å²) >= 11 is 0. The lowest BCUT2D eigenvalue weighted by Crippen LogP contribution is -2.12. The lowest BCUT2D eigenvalue weighted by Gasteiger charge is -2.09. The number of nitriles is 1. The molecule has 0 bridgehead atoms. The summed E-state index contributed by atoms with van der Waals surface area (Å²) in [7, 11) is 1.55. The molecule has 2 aromatic rings. The summed E-state index contributed by atoms with van der Waals surface area (Å²) in [6.07, 6.45) is 1.35. The molecule has 0 fully saturated rings. The molecule has 8 heteroatoms. The number of aromatic carboxylic acids is 1. The fourth-order valence-electron chi connectivity index (χ4n) is 1.70. The van der Waals surface area contributed by atoms with Gasteiger partial charge in [0.2, 0.25) is 0 Å². The van der Waals surface area contributed by atoms with Gasteiger partial charge in [0, 0.05) is 12.6 Å². The van der Waals surface area contributed by atoms with Crippen LogP contribution in [0, 0.1) is 11.3 Å². The lowest BCUT2D eigenvalue weighted by molar-refractivity contribution is 0.0690. The van der Waals surface area contributed by atoms with E-state index in [4.69, 9.17) is 15.1 Å². The Morgan fingerprint density at radius 1 is 1.57 bits per heavy atom. The van der Waals surface area contributed by atoms with E-state index in [1.165, 1.54) is 10.9 Å². The molecule has 0 saturated carbocycles. The fraction of sp³-hybridized carbons (Fsp3) is 0.231. The van der Waals surface area contributed by atoms with Gasteiger partial charge in [0.25, 0.3) is 0 Å². The van der Waals surface area contributed by atoms with E-state index >= 15 is 0 Å². The molecule has 0 aliphatic heterocycles. The van der Waals surface area contributed by atoms with Crippen molar-refractivity contribution < 1.29 is 14.6 Å². The van der Waals surface area contributed by atoms with E-state index in [-0.39, 0.29) is 5.69 Å². The second-order valence-electron chi connectivity index (χ2n) is 4.12. The Hall–Kier alpha value is -3.08. The zero-order valence-electron chi connectivity index (χ0n) is 11.3. The molecule has 0 aliphatic rings. The van der Waals surface area contributed by atoms with Crippen LogP contribution in [0.4, 0.5) is 5.69 Å². The van der Waals surface area contributed by atoms with Crippen molar-refractivity contribution in [2.45, 2.75) is 6.54 Å². The summed E-state index contributed by atoms with van der Waals surface area (Å²) < 4.78 is 6.53. The summed E-state index contributed by atoms with van der Waals surface area (Å²) in [6.45, 7) is 0.882. The normalized spacial score (nSPS) is 9.90. The maximum absolute atomic E-state index is 10.7. The van der Waals surface area contributed by atoms with Crippen molar-refractivity contribution in [1.29, 1.82) is 5.26 Å². The molecule has 0 atom stereocenters. The number of aromatic nitrogens is 3. The fourth-order valence-corrected chi connectivity index (χ4v) is 1.70. The van der Waals surface area contributed by atoms with Gasteiger partial charge in [-0.2, -0.15) is 5.26 Å². The van der Waals surface area contributed by atoms with Gasteiger partial charge in [-0.05, 0) is 12.1 Å². The lowest BCUT2D eigenvalue weighted by atomic mass is 10.2. The van der Waals surface area contributed by atoms with Crippen molar-refractivity contribution in [1.82, 2.24) is 15.0 Å². The Kier molecular flexibility index (Phi) is 4.36. The topological polar surface area (TPSA) is 113 Å². The number of ether oxygens (including phenoxy) is 1. The van der Waals surface area contributed by atoms with Gasteiger partial charge in [0.05, 0.1) is 31.1 Å². The molecule has 2 N–H and O–H groups in total. The maximum Gasteiger partial charge on any atom is 0.358 e. The van der Waals surface area contributed by atoms with E-state index in [0.29, 0.717) is 30.1 Å². The predicted molar refractivity (Wildman–Crippen MR) is 73.2 cm³/mol. The second-order valence-corrected chi connectivity index (χ2v) is 4.12. The Morgan fingerprint density at radius 3 is 3.00 bits per heavy atom. The molecule has 0 spiro atoms. The summed E-state index contributed by atoms with van der Waals surface area (Å²) in [4.78, 5) is 10.7. The number of hydrogen-bond donors (Lipinski definition) is 2. The van der Waals surface area contributed by atoms with Crippen LogP contribution in [0.1, 0.15) is 16.1 Å². The summed E-state index contributed by atoms with van der Waals surface area (Å²) in [5.41, 5.74) is 1.05. The van der Waals surface area contributed by atoms with Crippen LogP contribution in [0.3, 0.4) is 0 Å². The standard InChI is InChI=1S/C13H13N5O3/c1-21-10-3-2-9(7-14)11(6-10)15-4-5-18-8-12(13(19)20)16-17-18/h2-3,6,8,15H,4-5H2,1H3,(H,19,20). The molecular formula is C13H13N5O3. The first-order valence-electron chi connectivity index (χ1n) is 6.09. The maximum atomic E-state index is 10.7. The Bertz CT molecular complexity index is 689. The third-order valence-electron chi connectivity index (χ3n) is 2.76. The third kappa shape index (κ3) is 3.48. The first-order valence-corrected chi connectivity index (χ1v) is 6.09. The molecule has 0 unspecified atom stereocenters. The van der Waals surface area contributed by atoms with E-state index < -0.39 is 5.97 Å². The number of carbonyl (C=O) groups is 1. The van der Waals surface area contributed by atoms with Gasteiger partial charge < -0.3 is 15.2 Å². The van der Waals surface area contributed by atoms with Crippen LogP contribution < -0.4 is 10.1 Å². The van der Waals surface area contributed by atoms with Crippen LogP contribution in [0.15, 0.2) is 24.4 Å². The van der Waals surface area contributed by atoms with Gasteiger partial charge in [0.1, 0.15) is 11.8 Å². The number of methoxy groups -OCH3 is 1. The average Bonchev–Trinajstić information content (AvgIpc) is 2.96. The highest BCUT2D eigenvalue weighted by molar-refractivity contribution is 5.84. The molecular weight excluding hydrogens is 274 g/mol. The smallest absolute Gasteiger partial charge is 0.358 e. The number of anilines is 1. The van der Waals surface area contributed by atoms with Crippen LogP contribution in [0.2, 0.25) is 0 Å². The van der Waals surface area contributed by atoms with Crippen LogP contribution in [-0.4, -0.2) is 39.7 Å². The number of nitrogens with one attached hydrogen (secondary N) is 1. The van der Waals surface area contributed by atoms with E-state index in [0.717, 1.165) is 0 Å². The number of carboxylic acid groups (broad SMARTS) is 1. The molecule has 1 aromatic carbocycles. The predicted octanol–water partition coefficient (Wildman–Crippen LogP) is 0.969. The molecule has 1 aromatic heterocycles. The molecule has 8 nitrogen and oxygen atoms in total. The van der Waals surface area contributed by atoms with Gasteiger partial charge in [-0.1, -0.05) is 5.21 Å². The second kappa shape index (κ2) is 6.38. The summed E-state index contributed by atoms with van der Waals surface area (Å²) in [5.74, 6) is -0.473. The first-order chi connectivity index (χ1) is 10.1. The first kappa shape index (κ1) is 14.3. The zero-order chi connectivity index (χ0) is 15.2. The quantitative estimate of drug-likeness (QED) is 0.813. The van der Waals surface area contributed by atoms with Crippen LogP contribution >= 0.6 is 0 Å². The van der Waals surface area contributed by atoms with Crippen molar-refractivity contribution in [3.63, 3.8) is 0 Å². The minimum Gasteiger partial charge on any atom is -0.497 e. The van der Waals surface area contributed by atoms with Gasteiger partial charge in [-0.15, -0.1) is 5.10 Å². The van der Waals surface area contributed by atoms with Crippen LogP contribution in [-0.2, 0) is 6.54 Å². The number of hydrogen-bond acceptors (Lipinski definition) is 6. The summed E-state index contributed by atoms with van der Waals surface area (Å²) in [5, 5.41) is 28.1.